The van der Waals surface area contributed by atoms with E-state index in [9.17, 15) is 0 Å². The minimum atomic E-state index is 0.476. The van der Waals surface area contributed by atoms with Crippen molar-refractivity contribution in [1.82, 2.24) is 4.98 Å². The number of aromatic nitrogens is 1. The van der Waals surface area contributed by atoms with Crippen molar-refractivity contribution in [2.45, 2.75) is 6.92 Å². The molecule has 0 radical (unpaired) electrons. The van der Waals surface area contributed by atoms with Crippen LogP contribution in [0.3, 0.4) is 0 Å². The molecule has 0 bridgehead atoms. The summed E-state index contributed by atoms with van der Waals surface area (Å²) in [6, 6.07) is 8.98. The molecule has 19 heavy (non-hydrogen) atoms. The number of aryl methyl sites for hydroxylation is 1. The molecule has 5 heteroatoms. The van der Waals surface area contributed by atoms with E-state index in [-0.39, 0.29) is 0 Å². The fraction of sp³-hybridized carbons (Fsp3) is 0.143. The molecule has 0 aliphatic carbocycles. The van der Waals surface area contributed by atoms with Crippen LogP contribution in [0.25, 0.3) is 0 Å². The number of rotatable bonds is 3. The summed E-state index contributed by atoms with van der Waals surface area (Å²) in [5, 5.41) is 8.96. The summed E-state index contributed by atoms with van der Waals surface area (Å²) in [7, 11) is 1.55. The van der Waals surface area contributed by atoms with E-state index in [0.29, 0.717) is 22.9 Å². The minimum Gasteiger partial charge on any atom is -0.497 e. The van der Waals surface area contributed by atoms with E-state index in [1.165, 1.54) is 0 Å². The number of nitrogens with zero attached hydrogens (tertiary/aromatic N) is 2. The van der Waals surface area contributed by atoms with Crippen LogP contribution in [-0.4, -0.2) is 12.1 Å². The first-order valence-corrected chi connectivity index (χ1v) is 6.31. The second-order valence-electron chi connectivity index (χ2n) is 3.89. The lowest BCUT2D eigenvalue weighted by Gasteiger charge is -2.09. The molecule has 0 unspecified atom stereocenters. The zero-order valence-electron chi connectivity index (χ0n) is 10.5. The Morgan fingerprint density at radius 3 is 2.58 bits per heavy atom. The van der Waals surface area contributed by atoms with Crippen molar-refractivity contribution >= 4 is 15.9 Å². The highest BCUT2D eigenvalue weighted by Gasteiger charge is 2.07. The zero-order chi connectivity index (χ0) is 13.8. The van der Waals surface area contributed by atoms with Crippen LogP contribution in [0, 0.1) is 18.3 Å². The number of methoxy groups -OCH3 is 1. The van der Waals surface area contributed by atoms with Gasteiger partial charge in [0.2, 0.25) is 5.88 Å². The van der Waals surface area contributed by atoms with E-state index >= 15 is 0 Å². The Labute approximate surface area is 119 Å². The third-order valence-corrected chi connectivity index (χ3v) is 2.89. The molecule has 0 N–H and O–H groups in total. The van der Waals surface area contributed by atoms with E-state index in [1.54, 1.807) is 31.5 Å². The van der Waals surface area contributed by atoms with Gasteiger partial charge in [-0.1, -0.05) is 0 Å². The van der Waals surface area contributed by atoms with Gasteiger partial charge in [0, 0.05) is 22.3 Å². The van der Waals surface area contributed by atoms with Crippen molar-refractivity contribution in [3.05, 3.63) is 46.1 Å². The highest BCUT2D eigenvalue weighted by Crippen LogP contribution is 2.28. The molecule has 0 aliphatic rings. The molecule has 0 saturated heterocycles. The molecule has 1 heterocycles. The standard InChI is InChI=1S/C14H11BrN2O2/c1-9-3-11(15)8-17-14(9)19-13-5-10(7-16)4-12(6-13)18-2/h3-6,8H,1-2H3. The van der Waals surface area contributed by atoms with Crippen LogP contribution in [0.4, 0.5) is 0 Å². The molecule has 0 atom stereocenters. The number of hydrogen-bond acceptors (Lipinski definition) is 4. The quantitative estimate of drug-likeness (QED) is 0.863. The first-order valence-electron chi connectivity index (χ1n) is 5.51. The first kappa shape index (κ1) is 13.4. The van der Waals surface area contributed by atoms with Crippen molar-refractivity contribution in [2.24, 2.45) is 0 Å². The molecular formula is C14H11BrN2O2. The zero-order valence-corrected chi connectivity index (χ0v) is 12.1. The molecule has 4 nitrogen and oxygen atoms in total. The number of hydrogen-bond donors (Lipinski definition) is 0. The molecule has 0 fully saturated rings. The molecule has 0 amide bonds. The second kappa shape index (κ2) is 5.72. The van der Waals surface area contributed by atoms with Gasteiger partial charge in [0.1, 0.15) is 11.5 Å². The van der Waals surface area contributed by atoms with Crippen LogP contribution in [0.1, 0.15) is 11.1 Å². The molecule has 0 aliphatic heterocycles. The Morgan fingerprint density at radius 2 is 1.95 bits per heavy atom. The van der Waals surface area contributed by atoms with Gasteiger partial charge in [0.25, 0.3) is 0 Å². The van der Waals surface area contributed by atoms with Gasteiger partial charge in [-0.15, -0.1) is 0 Å². The number of nitriles is 1. The summed E-state index contributed by atoms with van der Waals surface area (Å²) < 4.78 is 11.7. The Bertz CT molecular complexity index is 650. The van der Waals surface area contributed by atoms with E-state index in [2.05, 4.69) is 27.0 Å². The van der Waals surface area contributed by atoms with Crippen LogP contribution in [0.2, 0.25) is 0 Å². The molecule has 96 valence electrons. The second-order valence-corrected chi connectivity index (χ2v) is 4.80. The molecule has 2 rings (SSSR count). The summed E-state index contributed by atoms with van der Waals surface area (Å²) in [5.74, 6) is 1.60. The van der Waals surface area contributed by atoms with Gasteiger partial charge >= 0.3 is 0 Å². The maximum absolute atomic E-state index is 8.96. The van der Waals surface area contributed by atoms with Crippen LogP contribution >= 0.6 is 15.9 Å². The molecule has 1 aromatic carbocycles. The van der Waals surface area contributed by atoms with Crippen LogP contribution in [-0.2, 0) is 0 Å². The van der Waals surface area contributed by atoms with E-state index in [4.69, 9.17) is 14.7 Å². The summed E-state index contributed by atoms with van der Waals surface area (Å²) in [5.41, 5.74) is 1.37. The highest BCUT2D eigenvalue weighted by atomic mass is 79.9. The Balaban J connectivity index is 2.35. The Hall–Kier alpha value is -2.06. The SMILES string of the molecule is COc1cc(C#N)cc(Oc2ncc(Br)cc2C)c1. The van der Waals surface area contributed by atoms with Crippen LogP contribution in [0.15, 0.2) is 34.9 Å². The highest BCUT2D eigenvalue weighted by molar-refractivity contribution is 9.10. The lowest BCUT2D eigenvalue weighted by Crippen LogP contribution is -1.93. The van der Waals surface area contributed by atoms with Crippen LogP contribution in [0.5, 0.6) is 17.4 Å². The molecule has 0 spiro atoms. The minimum absolute atomic E-state index is 0.476. The van der Waals surface area contributed by atoms with Crippen molar-refractivity contribution in [2.75, 3.05) is 7.11 Å². The van der Waals surface area contributed by atoms with Crippen molar-refractivity contribution in [1.29, 1.82) is 5.26 Å². The predicted molar refractivity (Wildman–Crippen MR) is 74.5 cm³/mol. The summed E-state index contributed by atoms with van der Waals surface area (Å²) in [6.07, 6.45) is 1.66. The predicted octanol–water partition coefficient (Wildman–Crippen LogP) is 3.83. The lowest BCUT2D eigenvalue weighted by atomic mass is 10.2. The topological polar surface area (TPSA) is 55.1 Å². The van der Waals surface area contributed by atoms with Gasteiger partial charge in [-0.05, 0) is 41.1 Å². The summed E-state index contributed by atoms with van der Waals surface area (Å²) in [4.78, 5) is 4.19. The molecular weight excluding hydrogens is 308 g/mol. The fourth-order valence-corrected chi connectivity index (χ4v) is 2.01. The van der Waals surface area contributed by atoms with Crippen LogP contribution < -0.4 is 9.47 Å². The summed E-state index contributed by atoms with van der Waals surface area (Å²) in [6.45, 7) is 1.90. The third kappa shape index (κ3) is 3.24. The Morgan fingerprint density at radius 1 is 1.21 bits per heavy atom. The smallest absolute Gasteiger partial charge is 0.222 e. The number of pyridine rings is 1. The number of halogens is 1. The van der Waals surface area contributed by atoms with Crippen molar-refractivity contribution in [3.8, 4) is 23.4 Å². The Kier molecular flexibility index (Phi) is 4.03. The average molecular weight is 319 g/mol. The van der Waals surface area contributed by atoms with E-state index in [0.717, 1.165) is 10.0 Å². The van der Waals surface area contributed by atoms with E-state index < -0.39 is 0 Å². The monoisotopic (exact) mass is 318 g/mol. The number of benzene rings is 1. The van der Waals surface area contributed by atoms with Gasteiger partial charge in [0.05, 0.1) is 18.7 Å². The first-order chi connectivity index (χ1) is 9.12. The van der Waals surface area contributed by atoms with Crippen molar-refractivity contribution < 1.29 is 9.47 Å². The third-order valence-electron chi connectivity index (χ3n) is 2.46. The average Bonchev–Trinajstić information content (AvgIpc) is 2.41. The maximum atomic E-state index is 8.96. The van der Waals surface area contributed by atoms with E-state index in [1.807, 2.05) is 13.0 Å². The van der Waals surface area contributed by atoms with Gasteiger partial charge < -0.3 is 9.47 Å². The van der Waals surface area contributed by atoms with Gasteiger partial charge in [0.15, 0.2) is 0 Å². The lowest BCUT2D eigenvalue weighted by molar-refractivity contribution is 0.406. The van der Waals surface area contributed by atoms with Gasteiger partial charge in [-0.2, -0.15) is 5.26 Å². The molecule has 0 saturated carbocycles. The maximum Gasteiger partial charge on any atom is 0.222 e. The van der Waals surface area contributed by atoms with Gasteiger partial charge in [-0.25, -0.2) is 4.98 Å². The largest absolute Gasteiger partial charge is 0.497 e. The fourth-order valence-electron chi connectivity index (χ4n) is 1.56. The molecule has 1 aromatic heterocycles. The van der Waals surface area contributed by atoms with Gasteiger partial charge in [-0.3, -0.25) is 0 Å². The molecule has 2 aromatic rings. The normalized spacial score (nSPS) is 9.79. The number of ether oxygens (including phenoxy) is 2. The summed E-state index contributed by atoms with van der Waals surface area (Å²) >= 11 is 3.35. The van der Waals surface area contributed by atoms with Crippen molar-refractivity contribution in [3.63, 3.8) is 0 Å².